The summed E-state index contributed by atoms with van der Waals surface area (Å²) in [6, 6.07) is 0.460. The zero-order valence-corrected chi connectivity index (χ0v) is 19.9. The number of ether oxygens (including phenoxy) is 4. The van der Waals surface area contributed by atoms with Crippen LogP contribution in [0.25, 0.3) is 11.3 Å². The van der Waals surface area contributed by atoms with Crippen molar-refractivity contribution in [2.75, 3.05) is 12.9 Å². The Morgan fingerprint density at radius 2 is 1.63 bits per heavy atom. The average molecular weight is 517 g/mol. The van der Waals surface area contributed by atoms with Crippen molar-refractivity contribution in [3.63, 3.8) is 0 Å². The number of carbonyl (C=O) groups is 3. The van der Waals surface area contributed by atoms with Crippen LogP contribution in [0.5, 0.6) is 0 Å². The number of esters is 3. The summed E-state index contributed by atoms with van der Waals surface area (Å²) in [5.74, 6) is -6.43. The van der Waals surface area contributed by atoms with E-state index in [9.17, 15) is 27.6 Å². The minimum Gasteiger partial charge on any atom is -0.463 e. The van der Waals surface area contributed by atoms with Gasteiger partial charge in [-0.05, 0) is 18.4 Å². The van der Waals surface area contributed by atoms with E-state index in [-0.39, 0.29) is 17.9 Å². The van der Waals surface area contributed by atoms with Gasteiger partial charge in [-0.1, -0.05) is 5.21 Å². The molecule has 2 heterocycles. The lowest BCUT2D eigenvalue weighted by molar-refractivity contribution is -0.212. The van der Waals surface area contributed by atoms with Gasteiger partial charge in [-0.15, -0.1) is 16.9 Å². The number of rotatable bonds is 7. The summed E-state index contributed by atoms with van der Waals surface area (Å²) in [6.45, 7) is 3.23. The van der Waals surface area contributed by atoms with E-state index in [0.29, 0.717) is 0 Å². The summed E-state index contributed by atoms with van der Waals surface area (Å²) in [5, 5.41) is 7.88. The van der Waals surface area contributed by atoms with Crippen molar-refractivity contribution in [2.45, 2.75) is 50.6 Å². The first-order valence-corrected chi connectivity index (χ1v) is 11.5. The van der Waals surface area contributed by atoms with Crippen LogP contribution in [0.2, 0.25) is 0 Å². The highest BCUT2D eigenvalue weighted by atomic mass is 32.2. The van der Waals surface area contributed by atoms with Crippen molar-refractivity contribution in [3.05, 3.63) is 35.8 Å². The second kappa shape index (κ2) is 11.1. The monoisotopic (exact) mass is 517 g/mol. The van der Waals surface area contributed by atoms with Gasteiger partial charge in [0, 0.05) is 26.3 Å². The lowest BCUT2D eigenvalue weighted by Gasteiger charge is -2.44. The van der Waals surface area contributed by atoms with Gasteiger partial charge in [0.15, 0.2) is 29.7 Å². The second-order valence-corrected chi connectivity index (χ2v) is 8.49. The minimum absolute atomic E-state index is 0.0327. The van der Waals surface area contributed by atoms with Gasteiger partial charge in [0.2, 0.25) is 0 Å². The molecule has 1 aliphatic heterocycles. The Hall–Kier alpha value is -3.13. The van der Waals surface area contributed by atoms with Crippen molar-refractivity contribution >= 4 is 29.7 Å². The molecule has 0 aliphatic carbocycles. The molecule has 0 amide bonds. The van der Waals surface area contributed by atoms with Crippen molar-refractivity contribution in [2.24, 2.45) is 0 Å². The molecule has 2 aromatic rings. The number of aromatic nitrogens is 3. The Morgan fingerprint density at radius 3 is 2.17 bits per heavy atom. The van der Waals surface area contributed by atoms with Gasteiger partial charge in [0.25, 0.3) is 0 Å². The Balaban J connectivity index is 2.08. The van der Waals surface area contributed by atoms with E-state index < -0.39 is 65.1 Å². The maximum Gasteiger partial charge on any atom is 0.303 e. The molecule has 0 unspecified atom stereocenters. The Labute approximate surface area is 202 Å². The number of benzene rings is 1. The lowest BCUT2D eigenvalue weighted by atomic mass is 9.96. The molecule has 1 aromatic heterocycles. The number of hydrogen-bond acceptors (Lipinski definition) is 10. The molecule has 35 heavy (non-hydrogen) atoms. The maximum absolute atomic E-state index is 13.8. The third kappa shape index (κ3) is 6.11. The molecular formula is C21H22F3N3O7S. The molecule has 1 fully saturated rings. The molecule has 10 nitrogen and oxygen atoms in total. The van der Waals surface area contributed by atoms with Crippen LogP contribution >= 0.6 is 11.8 Å². The molecule has 5 atom stereocenters. The smallest absolute Gasteiger partial charge is 0.303 e. The predicted molar refractivity (Wildman–Crippen MR) is 114 cm³/mol. The average Bonchev–Trinajstić information content (AvgIpc) is 3.25. The first-order chi connectivity index (χ1) is 16.5. The molecular weight excluding hydrogens is 495 g/mol. The first kappa shape index (κ1) is 26.5. The number of thioether (sulfide) groups is 1. The zero-order chi connectivity index (χ0) is 25.9. The van der Waals surface area contributed by atoms with Gasteiger partial charge >= 0.3 is 17.9 Å². The Morgan fingerprint density at radius 1 is 1.03 bits per heavy atom. The van der Waals surface area contributed by atoms with Crippen molar-refractivity contribution < 1.29 is 46.5 Å². The fraction of sp³-hybridized carbons (Fsp3) is 0.476. The molecule has 0 spiro atoms. The fourth-order valence-electron chi connectivity index (χ4n) is 3.63. The van der Waals surface area contributed by atoms with E-state index in [0.717, 1.165) is 19.1 Å². The van der Waals surface area contributed by atoms with Gasteiger partial charge in [-0.3, -0.25) is 14.4 Å². The van der Waals surface area contributed by atoms with E-state index in [2.05, 4.69) is 10.3 Å². The molecule has 0 radical (unpaired) electrons. The van der Waals surface area contributed by atoms with Crippen LogP contribution in [0.4, 0.5) is 13.2 Å². The van der Waals surface area contributed by atoms with Crippen molar-refractivity contribution in [1.82, 2.24) is 15.0 Å². The molecule has 190 valence electrons. The quantitative estimate of drug-likeness (QED) is 0.308. The van der Waals surface area contributed by atoms with Crippen LogP contribution in [-0.2, 0) is 33.3 Å². The van der Waals surface area contributed by atoms with E-state index >= 15 is 0 Å². The van der Waals surface area contributed by atoms with Crippen LogP contribution in [0.3, 0.4) is 0 Å². The van der Waals surface area contributed by atoms with E-state index in [4.69, 9.17) is 18.9 Å². The van der Waals surface area contributed by atoms with Crippen LogP contribution < -0.4 is 0 Å². The highest BCUT2D eigenvalue weighted by Crippen LogP contribution is 2.38. The summed E-state index contributed by atoms with van der Waals surface area (Å²) < 4.78 is 64.0. The molecule has 14 heteroatoms. The highest BCUT2D eigenvalue weighted by Gasteiger charge is 2.51. The van der Waals surface area contributed by atoms with Crippen LogP contribution in [0.15, 0.2) is 18.3 Å². The Kier molecular flexibility index (Phi) is 8.38. The summed E-state index contributed by atoms with van der Waals surface area (Å²) in [4.78, 5) is 35.2. The second-order valence-electron chi connectivity index (χ2n) is 7.56. The van der Waals surface area contributed by atoms with Crippen molar-refractivity contribution in [3.8, 4) is 11.3 Å². The SMILES string of the molecule is CS[C@@H]1O[C@H](COC(C)=O)[C@H](OC(C)=O)[C@H](n2cc(-c3cc(F)c(F)c(F)c3)nn2)[C@H]1OC(C)=O. The Bertz CT molecular complexity index is 1090. The van der Waals surface area contributed by atoms with Gasteiger partial charge in [-0.25, -0.2) is 17.9 Å². The highest BCUT2D eigenvalue weighted by molar-refractivity contribution is 7.99. The number of nitrogens with zero attached hydrogens (tertiary/aromatic N) is 3. The van der Waals surface area contributed by atoms with Gasteiger partial charge in [0.05, 0.1) is 6.20 Å². The van der Waals surface area contributed by atoms with E-state index in [1.165, 1.54) is 36.5 Å². The van der Waals surface area contributed by atoms with E-state index in [1.54, 1.807) is 6.26 Å². The van der Waals surface area contributed by atoms with Crippen molar-refractivity contribution in [1.29, 1.82) is 0 Å². The molecule has 0 N–H and O–H groups in total. The zero-order valence-electron chi connectivity index (χ0n) is 19.1. The number of hydrogen-bond donors (Lipinski definition) is 0. The van der Waals surface area contributed by atoms with Crippen LogP contribution in [-0.4, -0.2) is 69.5 Å². The number of halogens is 3. The van der Waals surface area contributed by atoms with Gasteiger partial charge < -0.3 is 18.9 Å². The molecule has 0 saturated carbocycles. The third-order valence-electron chi connectivity index (χ3n) is 5.00. The summed E-state index contributed by atoms with van der Waals surface area (Å²) in [6.07, 6.45) is -0.252. The molecule has 1 saturated heterocycles. The molecule has 3 rings (SSSR count). The summed E-state index contributed by atoms with van der Waals surface area (Å²) >= 11 is 1.18. The van der Waals surface area contributed by atoms with Gasteiger partial charge in [-0.2, -0.15) is 0 Å². The first-order valence-electron chi connectivity index (χ1n) is 10.2. The maximum atomic E-state index is 13.8. The van der Waals surface area contributed by atoms with Crippen LogP contribution in [0.1, 0.15) is 26.8 Å². The summed E-state index contributed by atoms with van der Waals surface area (Å²) in [5.41, 5.74) is -0.940. The largest absolute Gasteiger partial charge is 0.463 e. The molecule has 1 aliphatic rings. The van der Waals surface area contributed by atoms with Crippen LogP contribution in [0, 0.1) is 17.5 Å². The van der Waals surface area contributed by atoms with Gasteiger partial charge in [0.1, 0.15) is 29.9 Å². The normalized spacial score (nSPS) is 24.0. The number of carbonyl (C=O) groups excluding carboxylic acids is 3. The lowest BCUT2D eigenvalue weighted by Crippen LogP contribution is -2.57. The predicted octanol–water partition coefficient (Wildman–Crippen LogP) is 2.42. The van der Waals surface area contributed by atoms with E-state index in [1.807, 2.05) is 0 Å². The summed E-state index contributed by atoms with van der Waals surface area (Å²) in [7, 11) is 0. The third-order valence-corrected chi connectivity index (χ3v) is 5.84. The minimum atomic E-state index is -1.63. The standard InChI is InChI=1S/C21H22F3N3O7S/c1-9(28)31-8-16-19(32-10(2)29)18(20(33-11(3)30)21(34-16)35-4)27-7-15(25-26-27)12-5-13(22)17(24)14(23)6-12/h5-7,16,18-21H,8H2,1-4H3/t16-,18+,19+,20-,21+/m1/s1. The molecule has 0 bridgehead atoms. The molecule has 1 aromatic carbocycles. The fourth-order valence-corrected chi connectivity index (χ4v) is 4.37. The topological polar surface area (TPSA) is 119 Å².